The first-order chi connectivity index (χ1) is 9.93. The van der Waals surface area contributed by atoms with Crippen LogP contribution in [0.3, 0.4) is 0 Å². The minimum Gasteiger partial charge on any atom is -0.497 e. The van der Waals surface area contributed by atoms with E-state index in [0.717, 1.165) is 24.2 Å². The summed E-state index contributed by atoms with van der Waals surface area (Å²) in [6.45, 7) is 7.23. The van der Waals surface area contributed by atoms with Crippen molar-refractivity contribution in [2.75, 3.05) is 14.2 Å². The van der Waals surface area contributed by atoms with Crippen LogP contribution in [0.4, 0.5) is 0 Å². The predicted octanol–water partition coefficient (Wildman–Crippen LogP) is 3.47. The van der Waals surface area contributed by atoms with Crippen molar-refractivity contribution in [3.8, 4) is 5.75 Å². The molecule has 0 radical (unpaired) electrons. The van der Waals surface area contributed by atoms with Crippen molar-refractivity contribution in [3.63, 3.8) is 0 Å². The zero-order valence-electron chi connectivity index (χ0n) is 13.6. The van der Waals surface area contributed by atoms with Crippen molar-refractivity contribution >= 4 is 10.9 Å². The first-order valence-corrected chi connectivity index (χ1v) is 7.38. The lowest BCUT2D eigenvalue weighted by Crippen LogP contribution is -2.35. The second kappa shape index (κ2) is 6.50. The highest BCUT2D eigenvalue weighted by Crippen LogP contribution is 2.21. The van der Waals surface area contributed by atoms with Crippen LogP contribution in [0.15, 0.2) is 24.3 Å². The molecule has 0 fully saturated rings. The molecule has 0 spiro atoms. The molecule has 1 heterocycles. The summed E-state index contributed by atoms with van der Waals surface area (Å²) >= 11 is 0. The molecule has 0 aliphatic carbocycles. The smallest absolute Gasteiger partial charge is 0.119 e. The third-order valence-corrected chi connectivity index (χ3v) is 3.88. The molecule has 1 atom stereocenters. The lowest BCUT2D eigenvalue weighted by atomic mass is 10.00. The number of fused-ring (bicyclic) bond motifs is 1. The minimum atomic E-state index is -0.0970. The van der Waals surface area contributed by atoms with Crippen LogP contribution < -0.4 is 10.1 Å². The first-order valence-electron chi connectivity index (χ1n) is 7.38. The number of methoxy groups -OCH3 is 2. The normalized spacial score (nSPS) is 13.6. The van der Waals surface area contributed by atoms with Gasteiger partial charge in [0.1, 0.15) is 5.75 Å². The highest BCUT2D eigenvalue weighted by atomic mass is 16.5. The molecule has 0 saturated carbocycles. The zero-order chi connectivity index (χ0) is 15.5. The van der Waals surface area contributed by atoms with Crippen molar-refractivity contribution in [2.45, 2.75) is 45.4 Å². The van der Waals surface area contributed by atoms with Gasteiger partial charge in [-0.25, -0.2) is 0 Å². The van der Waals surface area contributed by atoms with E-state index in [9.17, 15) is 0 Å². The summed E-state index contributed by atoms with van der Waals surface area (Å²) in [6, 6.07) is 8.63. The Morgan fingerprint density at radius 2 is 2.00 bits per heavy atom. The Balaban J connectivity index is 1.97. The molecule has 21 heavy (non-hydrogen) atoms. The van der Waals surface area contributed by atoms with Gasteiger partial charge in [-0.3, -0.25) is 0 Å². The Kier molecular flexibility index (Phi) is 4.91. The first kappa shape index (κ1) is 15.9. The van der Waals surface area contributed by atoms with Crippen molar-refractivity contribution in [3.05, 3.63) is 30.0 Å². The number of rotatable bonds is 7. The molecule has 1 unspecified atom stereocenters. The van der Waals surface area contributed by atoms with Gasteiger partial charge in [-0.15, -0.1) is 0 Å². The molecule has 116 valence electrons. The lowest BCUT2D eigenvalue weighted by Gasteiger charge is -2.27. The summed E-state index contributed by atoms with van der Waals surface area (Å²) in [5, 5.41) is 4.71. The quantitative estimate of drug-likeness (QED) is 0.821. The van der Waals surface area contributed by atoms with E-state index in [-0.39, 0.29) is 5.60 Å². The van der Waals surface area contributed by atoms with E-state index in [1.807, 2.05) is 12.1 Å². The Bertz CT molecular complexity index is 589. The van der Waals surface area contributed by atoms with Gasteiger partial charge >= 0.3 is 0 Å². The number of hydrogen-bond donors (Lipinski definition) is 2. The molecule has 0 aliphatic heterocycles. The van der Waals surface area contributed by atoms with Crippen LogP contribution in [0.1, 0.15) is 32.9 Å². The van der Waals surface area contributed by atoms with Gasteiger partial charge in [0.25, 0.3) is 0 Å². The molecule has 0 aliphatic rings. The average molecular weight is 290 g/mol. The fraction of sp³-hybridized carbons (Fsp3) is 0.529. The van der Waals surface area contributed by atoms with Crippen LogP contribution >= 0.6 is 0 Å². The molecular weight excluding hydrogens is 264 g/mol. The highest BCUT2D eigenvalue weighted by Gasteiger charge is 2.19. The van der Waals surface area contributed by atoms with E-state index in [1.54, 1.807) is 14.2 Å². The van der Waals surface area contributed by atoms with Gasteiger partial charge in [-0.1, -0.05) is 0 Å². The Hall–Kier alpha value is -1.52. The molecule has 4 heteroatoms. The number of aromatic nitrogens is 1. The summed E-state index contributed by atoms with van der Waals surface area (Å²) in [5.74, 6) is 0.885. The number of nitrogens with one attached hydrogen (secondary N) is 2. The van der Waals surface area contributed by atoms with E-state index < -0.39 is 0 Å². The van der Waals surface area contributed by atoms with Crippen molar-refractivity contribution < 1.29 is 9.47 Å². The van der Waals surface area contributed by atoms with Crippen molar-refractivity contribution in [1.82, 2.24) is 10.3 Å². The van der Waals surface area contributed by atoms with Crippen LogP contribution in [-0.4, -0.2) is 30.8 Å². The zero-order valence-corrected chi connectivity index (χ0v) is 13.6. The summed E-state index contributed by atoms with van der Waals surface area (Å²) in [4.78, 5) is 3.43. The second-order valence-electron chi connectivity index (χ2n) is 6.20. The van der Waals surface area contributed by atoms with Gasteiger partial charge in [0.2, 0.25) is 0 Å². The summed E-state index contributed by atoms with van der Waals surface area (Å²) in [5.41, 5.74) is 2.22. The van der Waals surface area contributed by atoms with Gasteiger partial charge < -0.3 is 19.8 Å². The van der Waals surface area contributed by atoms with Gasteiger partial charge in [-0.2, -0.15) is 0 Å². The minimum absolute atomic E-state index is 0.0970. The van der Waals surface area contributed by atoms with E-state index in [2.05, 4.69) is 43.2 Å². The Morgan fingerprint density at radius 3 is 2.67 bits per heavy atom. The average Bonchev–Trinajstić information content (AvgIpc) is 2.86. The maximum atomic E-state index is 5.47. The standard InChI is InChI=1S/C17H26N2O2/c1-12(10-17(2,3)21-5)18-11-14-8-13-9-15(20-4)6-7-16(13)19-14/h6-9,12,18-19H,10-11H2,1-5H3. The number of hydrogen-bond acceptors (Lipinski definition) is 3. The number of aromatic amines is 1. The molecule has 1 aromatic heterocycles. The third-order valence-electron chi connectivity index (χ3n) is 3.88. The van der Waals surface area contributed by atoms with Crippen LogP contribution in [0.25, 0.3) is 10.9 Å². The van der Waals surface area contributed by atoms with E-state index in [0.29, 0.717) is 6.04 Å². The van der Waals surface area contributed by atoms with Gasteiger partial charge in [0.05, 0.1) is 12.7 Å². The van der Waals surface area contributed by atoms with E-state index in [4.69, 9.17) is 9.47 Å². The summed E-state index contributed by atoms with van der Waals surface area (Å²) in [7, 11) is 3.45. The fourth-order valence-electron chi connectivity index (χ4n) is 2.57. The van der Waals surface area contributed by atoms with Crippen molar-refractivity contribution in [2.24, 2.45) is 0 Å². The fourth-order valence-corrected chi connectivity index (χ4v) is 2.57. The van der Waals surface area contributed by atoms with Crippen molar-refractivity contribution in [1.29, 1.82) is 0 Å². The van der Waals surface area contributed by atoms with E-state index >= 15 is 0 Å². The maximum Gasteiger partial charge on any atom is 0.119 e. The molecular formula is C17H26N2O2. The molecule has 2 aromatic rings. The number of H-pyrrole nitrogens is 1. The van der Waals surface area contributed by atoms with Gasteiger partial charge in [0, 0.05) is 36.3 Å². The third kappa shape index (κ3) is 4.22. The molecule has 1 aromatic carbocycles. The van der Waals surface area contributed by atoms with Gasteiger partial charge in [0.15, 0.2) is 0 Å². The van der Waals surface area contributed by atoms with E-state index in [1.165, 1.54) is 11.1 Å². The Morgan fingerprint density at radius 1 is 1.24 bits per heavy atom. The highest BCUT2D eigenvalue weighted by molar-refractivity contribution is 5.81. The topological polar surface area (TPSA) is 46.3 Å². The van der Waals surface area contributed by atoms with Gasteiger partial charge in [-0.05, 0) is 51.5 Å². The van der Waals surface area contributed by atoms with Crippen LogP contribution in [0, 0.1) is 0 Å². The monoisotopic (exact) mass is 290 g/mol. The number of ether oxygens (including phenoxy) is 2. The molecule has 0 saturated heterocycles. The molecule has 2 rings (SSSR count). The second-order valence-corrected chi connectivity index (χ2v) is 6.20. The maximum absolute atomic E-state index is 5.47. The molecule has 0 bridgehead atoms. The largest absolute Gasteiger partial charge is 0.497 e. The van der Waals surface area contributed by atoms with Crippen LogP contribution in [0.5, 0.6) is 5.75 Å². The SMILES string of the molecule is COc1ccc2[nH]c(CNC(C)CC(C)(C)OC)cc2c1. The summed E-state index contributed by atoms with van der Waals surface area (Å²) < 4.78 is 10.7. The Labute approximate surface area is 126 Å². The molecule has 0 amide bonds. The van der Waals surface area contributed by atoms with Crippen LogP contribution in [-0.2, 0) is 11.3 Å². The predicted molar refractivity (Wildman–Crippen MR) is 86.9 cm³/mol. The lowest BCUT2D eigenvalue weighted by molar-refractivity contribution is 0.00842. The summed E-state index contributed by atoms with van der Waals surface area (Å²) in [6.07, 6.45) is 0.970. The molecule has 2 N–H and O–H groups in total. The van der Waals surface area contributed by atoms with Crippen LogP contribution in [0.2, 0.25) is 0 Å². The molecule has 4 nitrogen and oxygen atoms in total. The number of benzene rings is 1.